The minimum Gasteiger partial charge on any atom is -0.489 e. The van der Waals surface area contributed by atoms with Crippen LogP contribution < -0.4 is 14.6 Å². The Bertz CT molecular complexity index is 911. The highest BCUT2D eigenvalue weighted by Gasteiger charge is 2.12. The van der Waals surface area contributed by atoms with Crippen LogP contribution in [0, 0.1) is 0 Å². The second-order valence-corrected chi connectivity index (χ2v) is 8.35. The van der Waals surface area contributed by atoms with Crippen LogP contribution in [0.1, 0.15) is 5.56 Å². The van der Waals surface area contributed by atoms with Crippen LogP contribution in [0.25, 0.3) is 0 Å². The maximum atomic E-state index is 6.15. The van der Waals surface area contributed by atoms with E-state index in [4.69, 9.17) is 32.5 Å². The molecule has 0 atom stereocenters. The third-order valence-electron chi connectivity index (χ3n) is 3.45. The Morgan fingerprint density at radius 1 is 1.07 bits per heavy atom. The van der Waals surface area contributed by atoms with Crippen LogP contribution in [0.3, 0.4) is 0 Å². The maximum Gasteiger partial charge on any atom is 0.224 e. The van der Waals surface area contributed by atoms with Crippen molar-refractivity contribution in [3.05, 3.63) is 70.6 Å². The van der Waals surface area contributed by atoms with Crippen molar-refractivity contribution in [2.75, 3.05) is 18.6 Å². The van der Waals surface area contributed by atoms with Crippen LogP contribution in [-0.4, -0.2) is 23.3 Å². The van der Waals surface area contributed by atoms with Gasteiger partial charge >= 0.3 is 0 Å². The molecule has 2 aromatic carbocycles. The molecule has 0 fully saturated rings. The monoisotopic (exact) mass is 421 g/mol. The van der Waals surface area contributed by atoms with Crippen LogP contribution >= 0.6 is 31.4 Å². The molecule has 0 unspecified atom stereocenters. The van der Waals surface area contributed by atoms with Crippen molar-refractivity contribution in [1.82, 2.24) is 9.97 Å². The zero-order chi connectivity index (χ0) is 19.2. The molecule has 0 saturated carbocycles. The lowest BCUT2D eigenvalue weighted by molar-refractivity contribution is 0.305. The van der Waals surface area contributed by atoms with Crippen LogP contribution in [-0.2, 0) is 6.61 Å². The van der Waals surface area contributed by atoms with Gasteiger partial charge in [-0.15, -0.1) is 0 Å². The summed E-state index contributed by atoms with van der Waals surface area (Å²) in [5.74, 6) is 1.78. The van der Waals surface area contributed by atoms with E-state index in [1.807, 2.05) is 61.9 Å². The first-order valence-corrected chi connectivity index (χ1v) is 11.0. The lowest BCUT2D eigenvalue weighted by Gasteiger charge is -2.17. The van der Waals surface area contributed by atoms with Crippen molar-refractivity contribution in [3.8, 4) is 11.5 Å². The van der Waals surface area contributed by atoms with Gasteiger partial charge in [-0.3, -0.25) is 0 Å². The first-order valence-electron chi connectivity index (χ1n) is 8.12. The van der Waals surface area contributed by atoms with Crippen molar-refractivity contribution in [2.45, 2.75) is 6.61 Å². The topological polar surface area (TPSA) is 56.3 Å². The van der Waals surface area contributed by atoms with E-state index in [9.17, 15) is 0 Å². The van der Waals surface area contributed by atoms with E-state index in [1.54, 1.807) is 0 Å². The number of anilines is 2. The lowest BCUT2D eigenvalue weighted by Crippen LogP contribution is -2.00. The number of nitrogens with one attached hydrogen (secondary N) is 1. The summed E-state index contributed by atoms with van der Waals surface area (Å²) < 4.78 is 11.9. The Morgan fingerprint density at radius 2 is 1.85 bits per heavy atom. The molecule has 1 aromatic heterocycles. The van der Waals surface area contributed by atoms with Crippen LogP contribution in [0.15, 0.2) is 54.7 Å². The highest BCUT2D eigenvalue weighted by molar-refractivity contribution is 7.51. The molecular formula is C19H18Cl2N3O2P. The molecular weight excluding hydrogens is 404 g/mol. The molecule has 0 spiro atoms. The maximum absolute atomic E-state index is 6.15. The molecule has 3 rings (SSSR count). The molecule has 0 saturated heterocycles. The standard InChI is InChI=1S/C19H18Cl2N3O2P/c1-27(2)26-17-10-14(25-12-13-6-4-3-5-7-13)8-9-16(17)23-18-15(20)11-22-19(21)24-18/h3-11H,12H2,1-2H3,(H,22,23,24). The normalized spacial score (nSPS) is 10.7. The van der Waals surface area contributed by atoms with Crippen molar-refractivity contribution < 1.29 is 9.26 Å². The number of halogens is 2. The molecule has 0 aliphatic heterocycles. The minimum atomic E-state index is -0.634. The van der Waals surface area contributed by atoms with Gasteiger partial charge < -0.3 is 14.6 Å². The van der Waals surface area contributed by atoms with Gasteiger partial charge in [-0.25, -0.2) is 4.98 Å². The summed E-state index contributed by atoms with van der Waals surface area (Å²) in [6, 6.07) is 15.6. The van der Waals surface area contributed by atoms with Crippen molar-refractivity contribution in [3.63, 3.8) is 0 Å². The molecule has 0 amide bonds. The molecule has 8 heteroatoms. The highest BCUT2D eigenvalue weighted by Crippen LogP contribution is 2.39. The molecule has 1 N–H and O–H groups in total. The number of nitrogens with zero attached hydrogens (tertiary/aromatic N) is 2. The summed E-state index contributed by atoms with van der Waals surface area (Å²) in [7, 11) is -0.634. The zero-order valence-electron chi connectivity index (χ0n) is 14.8. The van der Waals surface area contributed by atoms with Gasteiger partial charge in [0.25, 0.3) is 0 Å². The third kappa shape index (κ3) is 5.70. The molecule has 1 heterocycles. The third-order valence-corrected chi connectivity index (χ3v) is 4.47. The Balaban J connectivity index is 1.82. The smallest absolute Gasteiger partial charge is 0.224 e. The molecule has 0 aliphatic carbocycles. The fourth-order valence-corrected chi connectivity index (χ4v) is 3.09. The number of aromatic nitrogens is 2. The Labute approximate surface area is 169 Å². The van der Waals surface area contributed by atoms with E-state index < -0.39 is 8.15 Å². The number of rotatable bonds is 7. The fraction of sp³-hybridized carbons (Fsp3) is 0.158. The van der Waals surface area contributed by atoms with E-state index in [-0.39, 0.29) is 5.28 Å². The van der Waals surface area contributed by atoms with Crippen molar-refractivity contribution in [1.29, 1.82) is 0 Å². The molecule has 3 aromatic rings. The molecule has 0 aliphatic rings. The molecule has 0 bridgehead atoms. The largest absolute Gasteiger partial charge is 0.489 e. The second kappa shape index (κ2) is 9.23. The predicted octanol–water partition coefficient (Wildman–Crippen LogP) is 6.14. The predicted molar refractivity (Wildman–Crippen MR) is 112 cm³/mol. The summed E-state index contributed by atoms with van der Waals surface area (Å²) in [6.07, 6.45) is 1.45. The van der Waals surface area contributed by atoms with Gasteiger partial charge in [0.2, 0.25) is 5.28 Å². The van der Waals surface area contributed by atoms with Crippen LogP contribution in [0.5, 0.6) is 11.5 Å². The van der Waals surface area contributed by atoms with Gasteiger partial charge in [0.1, 0.15) is 23.1 Å². The molecule has 5 nitrogen and oxygen atoms in total. The van der Waals surface area contributed by atoms with E-state index in [1.165, 1.54) is 6.20 Å². The first-order chi connectivity index (χ1) is 13.0. The van der Waals surface area contributed by atoms with Crippen LogP contribution in [0.4, 0.5) is 11.5 Å². The van der Waals surface area contributed by atoms with Gasteiger partial charge in [0, 0.05) is 6.07 Å². The molecule has 140 valence electrons. The fourth-order valence-electron chi connectivity index (χ4n) is 2.27. The van der Waals surface area contributed by atoms with Gasteiger partial charge in [0.05, 0.1) is 20.0 Å². The quantitative estimate of drug-likeness (QED) is 0.366. The summed E-state index contributed by atoms with van der Waals surface area (Å²) in [4.78, 5) is 7.97. The minimum absolute atomic E-state index is 0.111. The average Bonchev–Trinajstić information content (AvgIpc) is 2.65. The van der Waals surface area contributed by atoms with E-state index >= 15 is 0 Å². The molecule has 27 heavy (non-hydrogen) atoms. The van der Waals surface area contributed by atoms with Crippen molar-refractivity contribution in [2.24, 2.45) is 0 Å². The van der Waals surface area contributed by atoms with E-state index in [0.29, 0.717) is 28.9 Å². The summed E-state index contributed by atoms with van der Waals surface area (Å²) in [5, 5.41) is 3.63. The number of hydrogen-bond acceptors (Lipinski definition) is 5. The second-order valence-electron chi connectivity index (χ2n) is 5.80. The van der Waals surface area contributed by atoms with Crippen LogP contribution in [0.2, 0.25) is 10.3 Å². The Kier molecular flexibility index (Phi) is 6.73. The SMILES string of the molecule is CP(C)Oc1cc(OCc2ccccc2)ccc1Nc1nc(Cl)ncc1Cl. The highest BCUT2D eigenvalue weighted by atomic mass is 35.5. The van der Waals surface area contributed by atoms with Crippen molar-refractivity contribution >= 4 is 42.9 Å². The summed E-state index contributed by atoms with van der Waals surface area (Å²) in [6.45, 7) is 4.52. The number of benzene rings is 2. The van der Waals surface area contributed by atoms with E-state index in [2.05, 4.69) is 15.3 Å². The Morgan fingerprint density at radius 3 is 2.59 bits per heavy atom. The first kappa shape index (κ1) is 19.7. The van der Waals surface area contributed by atoms with Gasteiger partial charge in [-0.2, -0.15) is 4.98 Å². The Hall–Kier alpha value is -2.07. The van der Waals surface area contributed by atoms with Gasteiger partial charge in [-0.1, -0.05) is 41.9 Å². The molecule has 0 radical (unpaired) electrons. The summed E-state index contributed by atoms with van der Waals surface area (Å²) in [5.41, 5.74) is 1.81. The summed E-state index contributed by atoms with van der Waals surface area (Å²) >= 11 is 12.0. The van der Waals surface area contributed by atoms with Gasteiger partial charge in [0.15, 0.2) is 5.82 Å². The van der Waals surface area contributed by atoms with Gasteiger partial charge in [-0.05, 0) is 42.6 Å². The average molecular weight is 422 g/mol. The van der Waals surface area contributed by atoms with E-state index in [0.717, 1.165) is 11.3 Å². The lowest BCUT2D eigenvalue weighted by atomic mass is 10.2. The zero-order valence-corrected chi connectivity index (χ0v) is 17.2. The number of hydrogen-bond donors (Lipinski definition) is 1. The number of ether oxygens (including phenoxy) is 1.